The first-order chi connectivity index (χ1) is 10.8. The fraction of sp³-hybridized carbons (Fsp3) is 0.0500. The zero-order valence-corrected chi connectivity index (χ0v) is 12.1. The highest BCUT2D eigenvalue weighted by Crippen LogP contribution is 2.14. The van der Waals surface area contributed by atoms with Crippen LogP contribution in [0.15, 0.2) is 84.9 Å². The molecule has 0 aromatic heterocycles. The molecule has 0 bridgehead atoms. The van der Waals surface area contributed by atoms with Gasteiger partial charge < -0.3 is 0 Å². The van der Waals surface area contributed by atoms with Crippen molar-refractivity contribution < 1.29 is 4.79 Å². The molecule has 0 amide bonds. The number of ketones is 1. The molecule has 22 heavy (non-hydrogen) atoms. The number of carbonyl (C=O) groups excluding carboxylic acids is 1. The highest BCUT2D eigenvalue weighted by atomic mass is 16.1. The molecule has 0 N–H and O–H groups in total. The highest BCUT2D eigenvalue weighted by Gasteiger charge is 2.08. The smallest absolute Gasteiger partial charge is 0.193 e. The lowest BCUT2D eigenvalue weighted by atomic mass is 10.0. The summed E-state index contributed by atoms with van der Waals surface area (Å²) in [6.45, 7) is 0.569. The van der Waals surface area contributed by atoms with Crippen molar-refractivity contribution in [3.05, 3.63) is 102 Å². The van der Waals surface area contributed by atoms with E-state index in [9.17, 15) is 4.79 Å². The fourth-order valence-corrected chi connectivity index (χ4v) is 2.28. The van der Waals surface area contributed by atoms with Crippen LogP contribution in [0.3, 0.4) is 0 Å². The SMILES string of the molecule is O=C(c1ccccc1)c1cccc(C[N]c2ccccc2)c1. The summed E-state index contributed by atoms with van der Waals surface area (Å²) in [5, 5.41) is 4.54. The van der Waals surface area contributed by atoms with E-state index < -0.39 is 0 Å². The Kier molecular flexibility index (Phi) is 4.30. The maximum Gasteiger partial charge on any atom is 0.193 e. The van der Waals surface area contributed by atoms with E-state index in [0.717, 1.165) is 11.3 Å². The molecule has 0 unspecified atom stereocenters. The molecule has 3 aromatic rings. The third kappa shape index (κ3) is 3.41. The molecule has 0 heterocycles. The van der Waals surface area contributed by atoms with E-state index >= 15 is 0 Å². The second-order valence-corrected chi connectivity index (χ2v) is 5.05. The van der Waals surface area contributed by atoms with E-state index in [4.69, 9.17) is 0 Å². The number of nitrogens with zero attached hydrogens (tertiary/aromatic N) is 1. The quantitative estimate of drug-likeness (QED) is 0.641. The van der Waals surface area contributed by atoms with Crippen molar-refractivity contribution in [2.45, 2.75) is 6.54 Å². The Bertz CT molecular complexity index is 751. The lowest BCUT2D eigenvalue weighted by Gasteiger charge is -2.06. The van der Waals surface area contributed by atoms with Crippen LogP contribution in [0.25, 0.3) is 0 Å². The molecule has 2 nitrogen and oxygen atoms in total. The summed E-state index contributed by atoms with van der Waals surface area (Å²) in [6.07, 6.45) is 0. The topological polar surface area (TPSA) is 31.2 Å². The Hall–Kier alpha value is -2.87. The summed E-state index contributed by atoms with van der Waals surface area (Å²) < 4.78 is 0. The number of hydrogen-bond donors (Lipinski definition) is 0. The van der Waals surface area contributed by atoms with Crippen LogP contribution in [0.2, 0.25) is 0 Å². The molecule has 0 saturated carbocycles. The zero-order chi connectivity index (χ0) is 15.2. The van der Waals surface area contributed by atoms with Gasteiger partial charge in [-0.3, -0.25) is 10.1 Å². The van der Waals surface area contributed by atoms with Crippen molar-refractivity contribution in [2.75, 3.05) is 0 Å². The van der Waals surface area contributed by atoms with Crippen LogP contribution in [0.5, 0.6) is 0 Å². The van der Waals surface area contributed by atoms with Crippen molar-refractivity contribution >= 4 is 11.5 Å². The molecule has 0 aliphatic heterocycles. The van der Waals surface area contributed by atoms with Crippen molar-refractivity contribution in [1.29, 1.82) is 0 Å². The minimum Gasteiger partial charge on any atom is -0.289 e. The van der Waals surface area contributed by atoms with Gasteiger partial charge in [-0.25, -0.2) is 0 Å². The van der Waals surface area contributed by atoms with Gasteiger partial charge in [0.2, 0.25) is 0 Å². The third-order valence-electron chi connectivity index (χ3n) is 3.43. The summed E-state index contributed by atoms with van der Waals surface area (Å²) in [5.74, 6) is 0.0437. The van der Waals surface area contributed by atoms with E-state index in [0.29, 0.717) is 17.7 Å². The molecule has 1 radical (unpaired) electrons. The molecule has 0 spiro atoms. The van der Waals surface area contributed by atoms with Crippen molar-refractivity contribution in [2.24, 2.45) is 0 Å². The number of benzene rings is 3. The molecule has 0 aliphatic carbocycles. The van der Waals surface area contributed by atoms with Gasteiger partial charge in [0.05, 0.1) is 12.2 Å². The van der Waals surface area contributed by atoms with Gasteiger partial charge in [0.15, 0.2) is 5.78 Å². The van der Waals surface area contributed by atoms with Crippen molar-refractivity contribution in [3.8, 4) is 0 Å². The normalized spacial score (nSPS) is 10.2. The molecule has 3 aromatic carbocycles. The Morgan fingerprint density at radius 2 is 1.36 bits per heavy atom. The Balaban J connectivity index is 1.74. The molecular formula is C20H16NO. The van der Waals surface area contributed by atoms with Gasteiger partial charge in [0, 0.05) is 11.1 Å². The van der Waals surface area contributed by atoms with Gasteiger partial charge in [-0.05, 0) is 23.8 Å². The average Bonchev–Trinajstić information content (AvgIpc) is 2.61. The second-order valence-electron chi connectivity index (χ2n) is 5.05. The summed E-state index contributed by atoms with van der Waals surface area (Å²) in [6, 6.07) is 26.9. The molecular weight excluding hydrogens is 270 g/mol. The van der Waals surface area contributed by atoms with Crippen LogP contribution in [0.4, 0.5) is 5.69 Å². The minimum atomic E-state index is 0.0437. The predicted octanol–water partition coefficient (Wildman–Crippen LogP) is 4.35. The molecule has 0 saturated heterocycles. The number of para-hydroxylation sites is 1. The standard InChI is InChI=1S/C20H16NO/c22-20(17-9-3-1-4-10-17)18-11-7-8-16(14-18)15-21-19-12-5-2-6-13-19/h1-14H,15H2. The summed E-state index contributed by atoms with van der Waals surface area (Å²) in [5.41, 5.74) is 3.39. The lowest BCUT2D eigenvalue weighted by Crippen LogP contribution is -2.03. The van der Waals surface area contributed by atoms with Crippen LogP contribution < -0.4 is 5.32 Å². The molecule has 3 rings (SSSR count). The van der Waals surface area contributed by atoms with Gasteiger partial charge in [-0.1, -0.05) is 66.7 Å². The number of hydrogen-bond acceptors (Lipinski definition) is 1. The lowest BCUT2D eigenvalue weighted by molar-refractivity contribution is 0.103. The molecule has 0 atom stereocenters. The van der Waals surface area contributed by atoms with Gasteiger partial charge in [-0.2, -0.15) is 0 Å². The third-order valence-corrected chi connectivity index (χ3v) is 3.43. The Morgan fingerprint density at radius 3 is 2.09 bits per heavy atom. The van der Waals surface area contributed by atoms with E-state index in [1.54, 1.807) is 0 Å². The second kappa shape index (κ2) is 6.72. The first-order valence-electron chi connectivity index (χ1n) is 7.24. The predicted molar refractivity (Wildman–Crippen MR) is 88.3 cm³/mol. The highest BCUT2D eigenvalue weighted by molar-refractivity contribution is 6.09. The van der Waals surface area contributed by atoms with Crippen LogP contribution in [-0.4, -0.2) is 5.78 Å². The zero-order valence-electron chi connectivity index (χ0n) is 12.1. The average molecular weight is 286 g/mol. The van der Waals surface area contributed by atoms with Gasteiger partial charge >= 0.3 is 0 Å². The van der Waals surface area contributed by atoms with Crippen LogP contribution in [0.1, 0.15) is 21.5 Å². The maximum absolute atomic E-state index is 12.4. The van der Waals surface area contributed by atoms with Crippen molar-refractivity contribution in [3.63, 3.8) is 0 Å². The van der Waals surface area contributed by atoms with Crippen molar-refractivity contribution in [1.82, 2.24) is 5.32 Å². The maximum atomic E-state index is 12.4. The Morgan fingerprint density at radius 1 is 0.727 bits per heavy atom. The summed E-state index contributed by atoms with van der Waals surface area (Å²) >= 11 is 0. The van der Waals surface area contributed by atoms with E-state index in [-0.39, 0.29) is 5.78 Å². The molecule has 107 valence electrons. The van der Waals surface area contributed by atoms with Gasteiger partial charge in [-0.15, -0.1) is 0 Å². The van der Waals surface area contributed by atoms with Gasteiger partial charge in [0.1, 0.15) is 0 Å². The molecule has 0 aliphatic rings. The monoisotopic (exact) mass is 286 g/mol. The van der Waals surface area contributed by atoms with Crippen LogP contribution in [-0.2, 0) is 6.54 Å². The molecule has 2 heteroatoms. The van der Waals surface area contributed by atoms with E-state index in [2.05, 4.69) is 5.32 Å². The Labute approximate surface area is 130 Å². The minimum absolute atomic E-state index is 0.0437. The largest absolute Gasteiger partial charge is 0.289 e. The fourth-order valence-electron chi connectivity index (χ4n) is 2.28. The molecule has 0 fully saturated rings. The number of carbonyl (C=O) groups is 1. The first-order valence-corrected chi connectivity index (χ1v) is 7.24. The van der Waals surface area contributed by atoms with Crippen LogP contribution in [0, 0.1) is 0 Å². The summed E-state index contributed by atoms with van der Waals surface area (Å²) in [4.78, 5) is 12.4. The first kappa shape index (κ1) is 14.1. The van der Waals surface area contributed by atoms with E-state index in [1.807, 2.05) is 84.9 Å². The number of rotatable bonds is 5. The van der Waals surface area contributed by atoms with E-state index in [1.165, 1.54) is 0 Å². The summed E-state index contributed by atoms with van der Waals surface area (Å²) in [7, 11) is 0. The van der Waals surface area contributed by atoms with Gasteiger partial charge in [0.25, 0.3) is 0 Å². The van der Waals surface area contributed by atoms with Crippen LogP contribution >= 0.6 is 0 Å².